The Morgan fingerprint density at radius 3 is 2.72 bits per heavy atom. The normalized spacial score (nSPS) is 27.3. The summed E-state index contributed by atoms with van der Waals surface area (Å²) in [5.74, 6) is 0.897. The van der Waals surface area contributed by atoms with Crippen molar-refractivity contribution in [3.63, 3.8) is 0 Å². The molecule has 3 aliphatic rings. The van der Waals surface area contributed by atoms with Gasteiger partial charge in [0.1, 0.15) is 5.75 Å². The maximum atomic E-state index is 12.9. The highest BCUT2D eigenvalue weighted by atomic mass is 16.6. The first kappa shape index (κ1) is 20.0. The highest BCUT2D eigenvalue weighted by Crippen LogP contribution is 2.49. The van der Waals surface area contributed by atoms with E-state index >= 15 is 0 Å². The molecule has 1 N–H and O–H groups in total. The zero-order valence-corrected chi connectivity index (χ0v) is 17.4. The topological polar surface area (TPSA) is 71.1 Å². The van der Waals surface area contributed by atoms with Crippen LogP contribution in [0.4, 0.5) is 10.5 Å². The van der Waals surface area contributed by atoms with Crippen LogP contribution in [0.25, 0.3) is 0 Å². The molecule has 1 aliphatic carbocycles. The van der Waals surface area contributed by atoms with Gasteiger partial charge in [-0.3, -0.25) is 9.69 Å². The summed E-state index contributed by atoms with van der Waals surface area (Å²) in [6, 6.07) is 6.39. The predicted octanol–water partition coefficient (Wildman–Crippen LogP) is 2.99. The fourth-order valence-electron chi connectivity index (χ4n) is 5.19. The second kappa shape index (κ2) is 8.22. The van der Waals surface area contributed by atoms with Gasteiger partial charge in [-0.15, -0.1) is 0 Å². The van der Waals surface area contributed by atoms with Crippen LogP contribution in [0.3, 0.4) is 0 Å². The number of benzene rings is 1. The van der Waals surface area contributed by atoms with Gasteiger partial charge < -0.3 is 19.7 Å². The van der Waals surface area contributed by atoms with Crippen LogP contribution in [0.2, 0.25) is 0 Å². The van der Waals surface area contributed by atoms with Crippen LogP contribution in [0, 0.1) is 0 Å². The highest BCUT2D eigenvalue weighted by Gasteiger charge is 2.49. The predicted molar refractivity (Wildman–Crippen MR) is 110 cm³/mol. The van der Waals surface area contributed by atoms with Gasteiger partial charge in [-0.25, -0.2) is 4.79 Å². The van der Waals surface area contributed by atoms with Crippen molar-refractivity contribution in [2.75, 3.05) is 45.2 Å². The molecule has 0 unspecified atom stereocenters. The van der Waals surface area contributed by atoms with Crippen LogP contribution in [0.5, 0.6) is 5.75 Å². The summed E-state index contributed by atoms with van der Waals surface area (Å²) in [4.78, 5) is 29.3. The van der Waals surface area contributed by atoms with Crippen LogP contribution >= 0.6 is 0 Å². The first-order valence-corrected chi connectivity index (χ1v) is 10.7. The van der Waals surface area contributed by atoms with Crippen molar-refractivity contribution in [3.05, 3.63) is 23.8 Å². The Hall–Kier alpha value is -2.28. The lowest BCUT2D eigenvalue weighted by atomic mass is 9.68. The minimum atomic E-state index is -0.402. The third-order valence-corrected chi connectivity index (χ3v) is 6.81. The molecule has 1 saturated heterocycles. The molecule has 4 rings (SSSR count). The van der Waals surface area contributed by atoms with Crippen molar-refractivity contribution in [3.8, 4) is 5.75 Å². The van der Waals surface area contributed by atoms with Crippen molar-refractivity contribution < 1.29 is 19.1 Å². The van der Waals surface area contributed by atoms with E-state index in [1.165, 1.54) is 0 Å². The summed E-state index contributed by atoms with van der Waals surface area (Å²) in [6.45, 7) is 5.59. The van der Waals surface area contributed by atoms with E-state index < -0.39 is 5.41 Å². The molecule has 1 aromatic rings. The molecular formula is C22H31N3O4. The van der Waals surface area contributed by atoms with Gasteiger partial charge in [-0.05, 0) is 50.7 Å². The summed E-state index contributed by atoms with van der Waals surface area (Å²) < 4.78 is 10.5. The number of amides is 2. The maximum absolute atomic E-state index is 12.9. The Morgan fingerprint density at radius 1 is 1.21 bits per heavy atom. The van der Waals surface area contributed by atoms with E-state index in [4.69, 9.17) is 9.47 Å². The number of fused-ring (bicyclic) bond motifs is 2. The van der Waals surface area contributed by atoms with E-state index in [9.17, 15) is 9.59 Å². The van der Waals surface area contributed by atoms with Gasteiger partial charge in [-0.2, -0.15) is 0 Å². The Labute approximate surface area is 172 Å². The molecule has 2 heterocycles. The van der Waals surface area contributed by atoms with Gasteiger partial charge in [0.2, 0.25) is 5.91 Å². The molecule has 1 saturated carbocycles. The first-order valence-electron chi connectivity index (χ1n) is 10.7. The SMILES string of the molecule is CCOC(=O)N1CCCN(C2CCC3(CC2)C(=O)Nc2cc(OC)ccc23)CC1. The molecule has 0 bridgehead atoms. The second-order valence-electron chi connectivity index (χ2n) is 8.25. The van der Waals surface area contributed by atoms with E-state index in [-0.39, 0.29) is 12.0 Å². The Bertz CT molecular complexity index is 773. The molecule has 7 nitrogen and oxygen atoms in total. The molecule has 158 valence electrons. The Balaban J connectivity index is 1.40. The van der Waals surface area contributed by atoms with Crippen LogP contribution in [0.15, 0.2) is 18.2 Å². The number of nitrogens with one attached hydrogen (secondary N) is 1. The number of rotatable bonds is 3. The van der Waals surface area contributed by atoms with Crippen molar-refractivity contribution in [2.45, 2.75) is 50.5 Å². The molecule has 0 radical (unpaired) electrons. The Morgan fingerprint density at radius 2 is 2.00 bits per heavy atom. The summed E-state index contributed by atoms with van der Waals surface area (Å²) in [6.07, 6.45) is 4.48. The standard InChI is InChI=1S/C22H31N3O4/c1-3-29-21(27)25-12-4-11-24(13-14-25)16-7-9-22(10-8-16)18-6-5-17(28-2)15-19(18)23-20(22)26/h5-6,15-16H,3-4,7-14H2,1-2H3,(H,23,26). The molecule has 2 amide bonds. The summed E-state index contributed by atoms with van der Waals surface area (Å²) in [5, 5.41) is 3.08. The number of nitrogens with zero attached hydrogens (tertiary/aromatic N) is 2. The average Bonchev–Trinajstić information content (AvgIpc) is 2.90. The van der Waals surface area contributed by atoms with Gasteiger partial charge in [-0.1, -0.05) is 6.07 Å². The van der Waals surface area contributed by atoms with Crippen molar-refractivity contribution in [1.82, 2.24) is 9.80 Å². The van der Waals surface area contributed by atoms with E-state index in [2.05, 4.69) is 16.3 Å². The van der Waals surface area contributed by atoms with Gasteiger partial charge >= 0.3 is 6.09 Å². The van der Waals surface area contributed by atoms with E-state index in [1.54, 1.807) is 7.11 Å². The molecule has 0 aromatic heterocycles. The quantitative estimate of drug-likeness (QED) is 0.843. The number of carbonyl (C=O) groups excluding carboxylic acids is 2. The summed E-state index contributed by atoms with van der Waals surface area (Å²) >= 11 is 0. The monoisotopic (exact) mass is 401 g/mol. The number of anilines is 1. The number of ether oxygens (including phenoxy) is 2. The molecule has 2 aliphatic heterocycles. The van der Waals surface area contributed by atoms with Gasteiger partial charge in [0.15, 0.2) is 0 Å². The van der Waals surface area contributed by atoms with Crippen molar-refractivity contribution >= 4 is 17.7 Å². The van der Waals surface area contributed by atoms with E-state index in [1.807, 2.05) is 24.0 Å². The summed E-state index contributed by atoms with van der Waals surface area (Å²) in [7, 11) is 1.64. The molecule has 7 heteroatoms. The smallest absolute Gasteiger partial charge is 0.409 e. The third-order valence-electron chi connectivity index (χ3n) is 6.81. The molecule has 1 spiro atoms. The van der Waals surface area contributed by atoms with Crippen LogP contribution in [-0.4, -0.2) is 67.7 Å². The lowest BCUT2D eigenvalue weighted by Gasteiger charge is -2.40. The number of carbonyl (C=O) groups is 2. The summed E-state index contributed by atoms with van der Waals surface area (Å²) in [5.41, 5.74) is 1.61. The average molecular weight is 402 g/mol. The minimum absolute atomic E-state index is 0.128. The second-order valence-corrected chi connectivity index (χ2v) is 8.25. The van der Waals surface area contributed by atoms with Gasteiger partial charge in [0, 0.05) is 44.0 Å². The largest absolute Gasteiger partial charge is 0.497 e. The third kappa shape index (κ3) is 3.68. The molecule has 0 atom stereocenters. The zero-order chi connectivity index (χ0) is 20.4. The fraction of sp³-hybridized carbons (Fsp3) is 0.636. The molecule has 2 fully saturated rings. The highest BCUT2D eigenvalue weighted by molar-refractivity contribution is 6.06. The van der Waals surface area contributed by atoms with Gasteiger partial charge in [0.05, 0.1) is 19.1 Å². The fourth-order valence-corrected chi connectivity index (χ4v) is 5.19. The lowest BCUT2D eigenvalue weighted by molar-refractivity contribution is -0.122. The van der Waals surface area contributed by atoms with E-state index in [0.717, 1.165) is 68.7 Å². The first-order chi connectivity index (χ1) is 14.1. The van der Waals surface area contributed by atoms with Crippen molar-refractivity contribution in [2.24, 2.45) is 0 Å². The minimum Gasteiger partial charge on any atom is -0.497 e. The van der Waals surface area contributed by atoms with Crippen LogP contribution in [-0.2, 0) is 14.9 Å². The number of hydrogen-bond acceptors (Lipinski definition) is 5. The molecular weight excluding hydrogens is 370 g/mol. The maximum Gasteiger partial charge on any atom is 0.409 e. The van der Waals surface area contributed by atoms with E-state index in [0.29, 0.717) is 19.2 Å². The number of hydrogen-bond donors (Lipinski definition) is 1. The van der Waals surface area contributed by atoms with Crippen molar-refractivity contribution in [1.29, 1.82) is 0 Å². The molecule has 1 aromatic carbocycles. The lowest BCUT2D eigenvalue weighted by Crippen LogP contribution is -2.46. The van der Waals surface area contributed by atoms with Gasteiger partial charge in [0.25, 0.3) is 0 Å². The van der Waals surface area contributed by atoms with Crippen LogP contribution in [0.1, 0.15) is 44.6 Å². The molecule has 29 heavy (non-hydrogen) atoms. The zero-order valence-electron chi connectivity index (χ0n) is 17.4. The Kier molecular flexibility index (Phi) is 5.67. The number of methoxy groups -OCH3 is 1. The van der Waals surface area contributed by atoms with Crippen LogP contribution < -0.4 is 10.1 Å².